The molecule has 1 N–H and O–H groups in total. The summed E-state index contributed by atoms with van der Waals surface area (Å²) in [4.78, 5) is 25.1. The van der Waals surface area contributed by atoms with Crippen LogP contribution in [0.5, 0.6) is 5.75 Å². The average Bonchev–Trinajstić information content (AvgIpc) is 2.98. The number of carbonyl (C=O) groups excluding carboxylic acids is 1. The van der Waals surface area contributed by atoms with Gasteiger partial charge >= 0.3 is 5.97 Å². The SMILES string of the molecule is N#Cc1ccc(COc2ccc(Cl)cc2/C=C2/SC(=S)N(CCC(=O)O)C2=O)cc1. The molecular formula is C21H15ClN2O4S2. The van der Waals surface area contributed by atoms with Crippen molar-refractivity contribution in [2.24, 2.45) is 0 Å². The quantitative estimate of drug-likeness (QED) is 0.483. The maximum atomic E-state index is 12.6. The average molecular weight is 459 g/mol. The number of carbonyl (C=O) groups is 2. The number of ether oxygens (including phenoxy) is 1. The van der Waals surface area contributed by atoms with Gasteiger partial charge in [-0.25, -0.2) is 0 Å². The minimum Gasteiger partial charge on any atom is -0.488 e. The standard InChI is InChI=1S/C21H15ClN2O4S2/c22-16-5-6-17(28-12-14-3-1-13(11-23)2-4-14)15(9-16)10-18-20(27)24(21(29)30-18)8-7-19(25)26/h1-6,9-10H,7-8,12H2,(H,25,26)/b18-10+. The third kappa shape index (κ3) is 5.39. The maximum Gasteiger partial charge on any atom is 0.305 e. The van der Waals surface area contributed by atoms with Gasteiger partial charge in [0.1, 0.15) is 16.7 Å². The fourth-order valence-electron chi connectivity index (χ4n) is 2.64. The summed E-state index contributed by atoms with van der Waals surface area (Å²) < 4.78 is 6.21. The van der Waals surface area contributed by atoms with Crippen molar-refractivity contribution in [3.05, 3.63) is 69.1 Å². The number of amides is 1. The second-order valence-electron chi connectivity index (χ2n) is 6.26. The number of halogens is 1. The first-order chi connectivity index (χ1) is 14.4. The number of nitrogens with zero attached hydrogens (tertiary/aromatic N) is 2. The monoisotopic (exact) mass is 458 g/mol. The molecule has 0 bridgehead atoms. The van der Waals surface area contributed by atoms with Crippen molar-refractivity contribution in [3.8, 4) is 11.8 Å². The largest absolute Gasteiger partial charge is 0.488 e. The Kier molecular flexibility index (Phi) is 7.11. The molecule has 30 heavy (non-hydrogen) atoms. The Hall–Kier alpha value is -2.86. The molecule has 3 rings (SSSR count). The van der Waals surface area contributed by atoms with Gasteiger partial charge in [-0.2, -0.15) is 5.26 Å². The first-order valence-corrected chi connectivity index (χ1v) is 10.4. The van der Waals surface area contributed by atoms with Gasteiger partial charge in [0.15, 0.2) is 0 Å². The molecule has 1 saturated heterocycles. The van der Waals surface area contributed by atoms with Gasteiger partial charge < -0.3 is 9.84 Å². The molecule has 0 aliphatic carbocycles. The number of nitriles is 1. The first-order valence-electron chi connectivity index (χ1n) is 8.76. The van der Waals surface area contributed by atoms with Crippen LogP contribution in [0.1, 0.15) is 23.1 Å². The third-order valence-electron chi connectivity index (χ3n) is 4.16. The van der Waals surface area contributed by atoms with Crippen molar-refractivity contribution in [3.63, 3.8) is 0 Å². The molecule has 1 aliphatic heterocycles. The second-order valence-corrected chi connectivity index (χ2v) is 8.37. The van der Waals surface area contributed by atoms with E-state index in [0.29, 0.717) is 31.1 Å². The molecule has 9 heteroatoms. The lowest BCUT2D eigenvalue weighted by Crippen LogP contribution is -2.30. The third-order valence-corrected chi connectivity index (χ3v) is 5.77. The van der Waals surface area contributed by atoms with E-state index in [2.05, 4.69) is 6.07 Å². The fourth-order valence-corrected chi connectivity index (χ4v) is 4.12. The zero-order chi connectivity index (χ0) is 21.7. The summed E-state index contributed by atoms with van der Waals surface area (Å²) >= 11 is 12.4. The van der Waals surface area contributed by atoms with E-state index in [9.17, 15) is 9.59 Å². The molecule has 0 aromatic heterocycles. The summed E-state index contributed by atoms with van der Waals surface area (Å²) in [5, 5.41) is 18.2. The Morgan fingerprint density at radius 2 is 2.03 bits per heavy atom. The Labute approximate surface area is 187 Å². The summed E-state index contributed by atoms with van der Waals surface area (Å²) in [6.45, 7) is 0.294. The Morgan fingerprint density at radius 3 is 2.70 bits per heavy atom. The van der Waals surface area contributed by atoms with Crippen LogP contribution in [0.2, 0.25) is 5.02 Å². The highest BCUT2D eigenvalue weighted by Gasteiger charge is 2.32. The van der Waals surface area contributed by atoms with Crippen LogP contribution >= 0.6 is 35.6 Å². The van der Waals surface area contributed by atoms with Gasteiger partial charge in [0.25, 0.3) is 5.91 Å². The van der Waals surface area contributed by atoms with E-state index >= 15 is 0 Å². The summed E-state index contributed by atoms with van der Waals surface area (Å²) in [6.07, 6.45) is 1.45. The van der Waals surface area contributed by atoms with Crippen LogP contribution in [0.4, 0.5) is 0 Å². The number of hydrogen-bond donors (Lipinski definition) is 1. The summed E-state index contributed by atoms with van der Waals surface area (Å²) in [7, 11) is 0. The van der Waals surface area contributed by atoms with Crippen LogP contribution < -0.4 is 4.74 Å². The molecule has 152 valence electrons. The zero-order valence-electron chi connectivity index (χ0n) is 15.5. The number of hydrogen-bond acceptors (Lipinski definition) is 6. The molecule has 0 saturated carbocycles. The van der Waals surface area contributed by atoms with Crippen LogP contribution in [-0.2, 0) is 16.2 Å². The van der Waals surface area contributed by atoms with Gasteiger partial charge in [-0.05, 0) is 42.0 Å². The van der Waals surface area contributed by atoms with Gasteiger partial charge in [0.2, 0.25) is 0 Å². The predicted octanol–water partition coefficient (Wildman–Crippen LogP) is 4.47. The molecule has 1 amide bonds. The first kappa shape index (κ1) is 21.8. The summed E-state index contributed by atoms with van der Waals surface area (Å²) in [5.41, 5.74) is 2.06. The van der Waals surface area contributed by atoms with Crippen LogP contribution in [0.25, 0.3) is 6.08 Å². The topological polar surface area (TPSA) is 90.6 Å². The lowest BCUT2D eigenvalue weighted by molar-refractivity contribution is -0.137. The van der Waals surface area contributed by atoms with Crippen molar-refractivity contribution in [1.29, 1.82) is 5.26 Å². The lowest BCUT2D eigenvalue weighted by atomic mass is 10.1. The van der Waals surface area contributed by atoms with Gasteiger partial charge in [0, 0.05) is 17.1 Å². The molecular weight excluding hydrogens is 444 g/mol. The van der Waals surface area contributed by atoms with Crippen LogP contribution in [0.15, 0.2) is 47.4 Å². The highest BCUT2D eigenvalue weighted by atomic mass is 35.5. The van der Waals surface area contributed by atoms with Crippen molar-refractivity contribution >= 4 is 57.9 Å². The van der Waals surface area contributed by atoms with Crippen LogP contribution in [0, 0.1) is 11.3 Å². The van der Waals surface area contributed by atoms with Gasteiger partial charge in [0.05, 0.1) is 23.0 Å². The predicted molar refractivity (Wildman–Crippen MR) is 119 cm³/mol. The van der Waals surface area contributed by atoms with Gasteiger partial charge in [-0.3, -0.25) is 14.5 Å². The van der Waals surface area contributed by atoms with E-state index < -0.39 is 5.97 Å². The second kappa shape index (κ2) is 9.76. The van der Waals surface area contributed by atoms with Crippen molar-refractivity contribution < 1.29 is 19.4 Å². The van der Waals surface area contributed by atoms with Crippen molar-refractivity contribution in [1.82, 2.24) is 4.90 Å². The fraction of sp³-hybridized carbons (Fsp3) is 0.143. The van der Waals surface area contributed by atoms with Crippen molar-refractivity contribution in [2.45, 2.75) is 13.0 Å². The van der Waals surface area contributed by atoms with Gasteiger partial charge in [-0.1, -0.05) is 47.7 Å². The molecule has 0 unspecified atom stereocenters. The van der Waals surface area contributed by atoms with Gasteiger partial charge in [-0.15, -0.1) is 0 Å². The maximum absolute atomic E-state index is 12.6. The minimum absolute atomic E-state index is 0.0228. The van der Waals surface area contributed by atoms with E-state index in [1.165, 1.54) is 4.90 Å². The van der Waals surface area contributed by atoms with Crippen LogP contribution in [-0.4, -0.2) is 32.7 Å². The summed E-state index contributed by atoms with van der Waals surface area (Å²) in [5.74, 6) is -0.815. The Bertz CT molecular complexity index is 1080. The molecule has 0 radical (unpaired) electrons. The molecule has 2 aromatic carbocycles. The zero-order valence-corrected chi connectivity index (χ0v) is 17.9. The number of aliphatic carboxylic acids is 1. The normalized spacial score (nSPS) is 14.8. The molecule has 1 heterocycles. The Morgan fingerprint density at radius 1 is 1.30 bits per heavy atom. The Balaban J connectivity index is 1.79. The van der Waals surface area contributed by atoms with E-state index in [0.717, 1.165) is 17.3 Å². The van der Waals surface area contributed by atoms with E-state index in [1.54, 1.807) is 36.4 Å². The number of carboxylic acids is 1. The number of benzene rings is 2. The highest BCUT2D eigenvalue weighted by Crippen LogP contribution is 2.35. The highest BCUT2D eigenvalue weighted by molar-refractivity contribution is 8.26. The van der Waals surface area contributed by atoms with Crippen molar-refractivity contribution in [2.75, 3.05) is 6.54 Å². The molecule has 0 spiro atoms. The number of thioether (sulfide) groups is 1. The number of carboxylic acid groups (broad SMARTS) is 1. The molecule has 1 fully saturated rings. The summed E-state index contributed by atoms with van der Waals surface area (Å²) in [6, 6.07) is 14.2. The lowest BCUT2D eigenvalue weighted by Gasteiger charge is -2.12. The van der Waals surface area contributed by atoms with E-state index in [1.807, 2.05) is 12.1 Å². The van der Waals surface area contributed by atoms with Crippen LogP contribution in [0.3, 0.4) is 0 Å². The smallest absolute Gasteiger partial charge is 0.305 e. The minimum atomic E-state index is -0.999. The molecule has 2 aromatic rings. The molecule has 6 nitrogen and oxygen atoms in total. The molecule has 1 aliphatic rings. The number of thiocarbonyl (C=S) groups is 1. The number of rotatable bonds is 7. The van der Waals surface area contributed by atoms with E-state index in [4.69, 9.17) is 38.9 Å². The molecule has 0 atom stereocenters. The van der Waals surface area contributed by atoms with E-state index in [-0.39, 0.29) is 25.5 Å².